The summed E-state index contributed by atoms with van der Waals surface area (Å²) in [5.74, 6) is 0. The molecule has 1 nitrogen and oxygen atoms in total. The van der Waals surface area contributed by atoms with Gasteiger partial charge in [0.05, 0.1) is 0 Å². The van der Waals surface area contributed by atoms with Crippen LogP contribution in [0.25, 0.3) is 0 Å². The molecule has 0 amide bonds. The average Bonchev–Trinajstić information content (AvgIpc) is 2.89. The van der Waals surface area contributed by atoms with Crippen LogP contribution in [0.4, 0.5) is 0 Å². The average molecular weight is 508 g/mol. The zero-order chi connectivity index (χ0) is 26.2. The Bertz CT molecular complexity index is 366. The maximum absolute atomic E-state index is 3.60. The molecule has 1 heteroatoms. The van der Waals surface area contributed by atoms with Gasteiger partial charge in [0, 0.05) is 6.04 Å². The van der Waals surface area contributed by atoms with E-state index in [2.05, 4.69) is 26.2 Å². The van der Waals surface area contributed by atoms with Crippen molar-refractivity contribution in [2.24, 2.45) is 0 Å². The first kappa shape index (κ1) is 36.0. The molecule has 0 aromatic carbocycles. The van der Waals surface area contributed by atoms with Crippen LogP contribution in [0.1, 0.15) is 213 Å². The lowest BCUT2D eigenvalue weighted by atomic mass is 9.99. The molecule has 0 fully saturated rings. The molecule has 1 N–H and O–H groups in total. The third-order valence-electron chi connectivity index (χ3n) is 8.47. The van der Waals surface area contributed by atoms with Crippen LogP contribution >= 0.6 is 0 Å². The largest absolute Gasteiger partial charge is 0.317 e. The van der Waals surface area contributed by atoms with Crippen LogP contribution in [0.3, 0.4) is 0 Å². The van der Waals surface area contributed by atoms with Crippen molar-refractivity contribution < 1.29 is 0 Å². The van der Waals surface area contributed by atoms with Gasteiger partial charge in [-0.3, -0.25) is 0 Å². The van der Waals surface area contributed by atoms with Crippen LogP contribution in [-0.4, -0.2) is 13.1 Å². The van der Waals surface area contributed by atoms with Crippen LogP contribution in [0, 0.1) is 0 Å². The van der Waals surface area contributed by atoms with E-state index >= 15 is 0 Å². The van der Waals surface area contributed by atoms with Gasteiger partial charge in [0.25, 0.3) is 0 Å². The SMILES string of the molecule is CCCCCCCCCCCCCCCCCC(CCCCCCCCCCCCCCCC)NC. The van der Waals surface area contributed by atoms with Crippen molar-refractivity contribution in [3.8, 4) is 0 Å². The van der Waals surface area contributed by atoms with Crippen molar-refractivity contribution in [2.45, 2.75) is 219 Å². The Balaban J connectivity index is 3.25. The molecular weight excluding hydrogens is 434 g/mol. The zero-order valence-electron chi connectivity index (χ0n) is 26.0. The number of hydrogen-bond donors (Lipinski definition) is 1. The second kappa shape index (κ2) is 33.0. The molecule has 0 spiro atoms. The maximum atomic E-state index is 3.60. The van der Waals surface area contributed by atoms with Gasteiger partial charge in [-0.2, -0.15) is 0 Å². The Morgan fingerprint density at radius 1 is 0.306 bits per heavy atom. The van der Waals surface area contributed by atoms with Crippen molar-refractivity contribution >= 4 is 0 Å². The zero-order valence-corrected chi connectivity index (χ0v) is 26.0. The van der Waals surface area contributed by atoms with Gasteiger partial charge in [-0.15, -0.1) is 0 Å². The number of nitrogens with one attached hydrogen (secondary N) is 1. The third-order valence-corrected chi connectivity index (χ3v) is 8.47. The molecule has 0 aromatic heterocycles. The summed E-state index contributed by atoms with van der Waals surface area (Å²) in [6.07, 6.45) is 45.2. The normalized spacial score (nSPS) is 12.4. The van der Waals surface area contributed by atoms with E-state index in [1.54, 1.807) is 0 Å². The second-order valence-corrected chi connectivity index (χ2v) is 12.1. The van der Waals surface area contributed by atoms with Crippen LogP contribution < -0.4 is 5.32 Å². The lowest BCUT2D eigenvalue weighted by Crippen LogP contribution is -2.24. The Labute approximate surface area is 231 Å². The van der Waals surface area contributed by atoms with E-state index in [0.717, 1.165) is 6.04 Å². The molecule has 1 atom stereocenters. The number of unbranched alkanes of at least 4 members (excludes halogenated alkanes) is 27. The van der Waals surface area contributed by atoms with E-state index in [1.807, 2.05) is 0 Å². The minimum atomic E-state index is 0.768. The first-order chi connectivity index (χ1) is 17.8. The summed E-state index contributed by atoms with van der Waals surface area (Å²) in [6, 6.07) is 0.768. The highest BCUT2D eigenvalue weighted by molar-refractivity contribution is 4.65. The minimum absolute atomic E-state index is 0.768. The number of hydrogen-bond acceptors (Lipinski definition) is 1. The van der Waals surface area contributed by atoms with Crippen molar-refractivity contribution in [3.05, 3.63) is 0 Å². The lowest BCUT2D eigenvalue weighted by molar-refractivity contribution is 0.434. The lowest BCUT2D eigenvalue weighted by Gasteiger charge is -2.16. The molecule has 0 saturated heterocycles. The smallest absolute Gasteiger partial charge is 0.00640 e. The maximum Gasteiger partial charge on any atom is 0.00640 e. The highest BCUT2D eigenvalue weighted by Crippen LogP contribution is 2.17. The van der Waals surface area contributed by atoms with Gasteiger partial charge in [0.1, 0.15) is 0 Å². The summed E-state index contributed by atoms with van der Waals surface area (Å²) in [5, 5.41) is 3.60. The van der Waals surface area contributed by atoms with E-state index in [1.165, 1.54) is 199 Å². The molecule has 0 aliphatic rings. The highest BCUT2D eigenvalue weighted by Gasteiger charge is 2.05. The Morgan fingerprint density at radius 2 is 0.500 bits per heavy atom. The molecule has 0 heterocycles. The van der Waals surface area contributed by atoms with Crippen molar-refractivity contribution in [1.82, 2.24) is 5.32 Å². The fourth-order valence-electron chi connectivity index (χ4n) is 5.78. The standard InChI is InChI=1S/C35H73N/c1-4-6-8-10-12-14-16-18-20-22-24-26-28-30-32-34-35(36-3)33-31-29-27-25-23-21-19-17-15-13-11-9-7-5-2/h35-36H,4-34H2,1-3H3. The van der Waals surface area contributed by atoms with E-state index in [9.17, 15) is 0 Å². The van der Waals surface area contributed by atoms with Gasteiger partial charge in [0.2, 0.25) is 0 Å². The monoisotopic (exact) mass is 508 g/mol. The second-order valence-electron chi connectivity index (χ2n) is 12.1. The molecule has 0 aliphatic heterocycles. The minimum Gasteiger partial charge on any atom is -0.317 e. The van der Waals surface area contributed by atoms with Crippen LogP contribution in [0.15, 0.2) is 0 Å². The highest BCUT2D eigenvalue weighted by atomic mass is 14.9. The summed E-state index contributed by atoms with van der Waals surface area (Å²) in [5.41, 5.74) is 0. The Kier molecular flexibility index (Phi) is 33.0. The van der Waals surface area contributed by atoms with Crippen LogP contribution in [0.2, 0.25) is 0 Å². The molecule has 0 saturated carbocycles. The first-order valence-electron chi connectivity index (χ1n) is 17.5. The fraction of sp³-hybridized carbons (Fsp3) is 1.00. The molecule has 0 bridgehead atoms. The Hall–Kier alpha value is -0.0400. The molecule has 0 aliphatic carbocycles. The molecule has 36 heavy (non-hydrogen) atoms. The first-order valence-corrected chi connectivity index (χ1v) is 17.5. The van der Waals surface area contributed by atoms with Gasteiger partial charge >= 0.3 is 0 Å². The Morgan fingerprint density at radius 3 is 0.694 bits per heavy atom. The van der Waals surface area contributed by atoms with E-state index in [-0.39, 0.29) is 0 Å². The molecule has 0 rings (SSSR count). The van der Waals surface area contributed by atoms with Crippen LogP contribution in [0.5, 0.6) is 0 Å². The van der Waals surface area contributed by atoms with Gasteiger partial charge in [-0.1, -0.05) is 200 Å². The summed E-state index contributed by atoms with van der Waals surface area (Å²) in [7, 11) is 2.18. The number of rotatable bonds is 32. The molecule has 0 radical (unpaired) electrons. The van der Waals surface area contributed by atoms with Crippen molar-refractivity contribution in [1.29, 1.82) is 0 Å². The summed E-state index contributed by atoms with van der Waals surface area (Å²) in [6.45, 7) is 4.61. The van der Waals surface area contributed by atoms with Crippen molar-refractivity contribution in [2.75, 3.05) is 7.05 Å². The summed E-state index contributed by atoms with van der Waals surface area (Å²) in [4.78, 5) is 0. The van der Waals surface area contributed by atoms with E-state index < -0.39 is 0 Å². The molecule has 1 unspecified atom stereocenters. The fourth-order valence-corrected chi connectivity index (χ4v) is 5.78. The molecular formula is C35H73N. The summed E-state index contributed by atoms with van der Waals surface area (Å²) < 4.78 is 0. The summed E-state index contributed by atoms with van der Waals surface area (Å²) >= 11 is 0. The van der Waals surface area contributed by atoms with E-state index in [4.69, 9.17) is 0 Å². The van der Waals surface area contributed by atoms with Gasteiger partial charge in [0.15, 0.2) is 0 Å². The third kappa shape index (κ3) is 30.2. The quantitative estimate of drug-likeness (QED) is 0.0892. The van der Waals surface area contributed by atoms with Gasteiger partial charge < -0.3 is 5.32 Å². The molecule has 218 valence electrons. The predicted octanol–water partition coefficient (Wildman–Crippen LogP) is 12.7. The predicted molar refractivity (Wildman–Crippen MR) is 167 cm³/mol. The van der Waals surface area contributed by atoms with Gasteiger partial charge in [-0.05, 0) is 19.9 Å². The molecule has 0 aromatic rings. The van der Waals surface area contributed by atoms with E-state index in [0.29, 0.717) is 0 Å². The van der Waals surface area contributed by atoms with Crippen LogP contribution in [-0.2, 0) is 0 Å². The van der Waals surface area contributed by atoms with Crippen molar-refractivity contribution in [3.63, 3.8) is 0 Å². The topological polar surface area (TPSA) is 12.0 Å². The van der Waals surface area contributed by atoms with Gasteiger partial charge in [-0.25, -0.2) is 0 Å².